The van der Waals surface area contributed by atoms with Crippen LogP contribution in [0.2, 0.25) is 0 Å². The lowest BCUT2D eigenvalue weighted by Gasteiger charge is -2.19. The number of fused-ring (bicyclic) bond motifs is 1. The first-order valence-electron chi connectivity index (χ1n) is 6.66. The number of hydrogen-bond donors (Lipinski definition) is 0. The van der Waals surface area contributed by atoms with E-state index in [4.69, 9.17) is 5.26 Å². The van der Waals surface area contributed by atoms with E-state index in [0.29, 0.717) is 12.1 Å². The largest absolute Gasteiger partial charge is 0.265 e. The molecule has 3 rings (SSSR count). The molecule has 0 aliphatic carbocycles. The zero-order chi connectivity index (χ0) is 15.0. The van der Waals surface area contributed by atoms with Crippen LogP contribution in [0.1, 0.15) is 24.0 Å². The van der Waals surface area contributed by atoms with E-state index in [0.717, 1.165) is 11.3 Å². The van der Waals surface area contributed by atoms with E-state index in [1.54, 1.807) is 12.1 Å². The van der Waals surface area contributed by atoms with Gasteiger partial charge in [-0.25, -0.2) is 8.42 Å². The summed E-state index contributed by atoms with van der Waals surface area (Å²) in [7, 11) is -3.64. The summed E-state index contributed by atoms with van der Waals surface area (Å²) in [5, 5.41) is 8.93. The van der Waals surface area contributed by atoms with Crippen LogP contribution in [0.25, 0.3) is 0 Å². The second kappa shape index (κ2) is 4.90. The van der Waals surface area contributed by atoms with Crippen molar-refractivity contribution in [2.75, 3.05) is 10.8 Å². The number of hydrogen-bond acceptors (Lipinski definition) is 3. The van der Waals surface area contributed by atoms with Crippen molar-refractivity contribution in [2.45, 2.75) is 17.7 Å². The van der Waals surface area contributed by atoms with Crippen LogP contribution in [-0.2, 0) is 10.0 Å². The van der Waals surface area contributed by atoms with Crippen molar-refractivity contribution in [3.63, 3.8) is 0 Å². The SMILES string of the molecule is CC1CN(S(=O)(=O)c2cccc(C#N)c2)c2ccccc21. The third-order valence-corrected chi connectivity index (χ3v) is 5.50. The minimum absolute atomic E-state index is 0.158. The summed E-state index contributed by atoms with van der Waals surface area (Å²) >= 11 is 0. The lowest BCUT2D eigenvalue weighted by atomic mass is 10.0. The molecule has 2 aromatic carbocycles. The second-order valence-electron chi connectivity index (χ2n) is 5.14. The third kappa shape index (κ3) is 2.18. The fourth-order valence-electron chi connectivity index (χ4n) is 2.66. The maximum atomic E-state index is 12.8. The Morgan fingerprint density at radius 3 is 2.71 bits per heavy atom. The van der Waals surface area contributed by atoms with Gasteiger partial charge in [-0.2, -0.15) is 5.26 Å². The minimum Gasteiger partial charge on any atom is -0.265 e. The molecular weight excluding hydrogens is 284 g/mol. The summed E-state index contributed by atoms with van der Waals surface area (Å²) in [4.78, 5) is 0.158. The Kier molecular flexibility index (Phi) is 3.19. The van der Waals surface area contributed by atoms with Gasteiger partial charge in [-0.3, -0.25) is 4.31 Å². The molecule has 0 bridgehead atoms. The molecule has 1 aliphatic heterocycles. The highest BCUT2D eigenvalue weighted by molar-refractivity contribution is 7.92. The predicted octanol–water partition coefficient (Wildman–Crippen LogP) is 2.87. The van der Waals surface area contributed by atoms with Crippen molar-refractivity contribution >= 4 is 15.7 Å². The topological polar surface area (TPSA) is 61.2 Å². The van der Waals surface area contributed by atoms with Crippen molar-refractivity contribution in [3.05, 3.63) is 59.7 Å². The number of nitrogens with zero attached hydrogens (tertiary/aromatic N) is 2. The number of para-hydroxylation sites is 1. The summed E-state index contributed by atoms with van der Waals surface area (Å²) in [6, 6.07) is 15.7. The fraction of sp³-hybridized carbons (Fsp3) is 0.188. The first-order chi connectivity index (χ1) is 10.0. The molecule has 0 N–H and O–H groups in total. The molecule has 106 valence electrons. The minimum atomic E-state index is -3.64. The lowest BCUT2D eigenvalue weighted by Crippen LogP contribution is -2.29. The standard InChI is InChI=1S/C16H14N2O2S/c1-12-11-18(16-8-3-2-7-15(12)16)21(19,20)14-6-4-5-13(9-14)10-17/h2-9,12H,11H2,1H3. The van der Waals surface area contributed by atoms with E-state index in [1.165, 1.54) is 16.4 Å². The number of benzene rings is 2. The van der Waals surface area contributed by atoms with Crippen molar-refractivity contribution in [3.8, 4) is 6.07 Å². The van der Waals surface area contributed by atoms with E-state index in [2.05, 4.69) is 0 Å². The van der Waals surface area contributed by atoms with Gasteiger partial charge in [0.25, 0.3) is 10.0 Å². The number of sulfonamides is 1. The van der Waals surface area contributed by atoms with Gasteiger partial charge < -0.3 is 0 Å². The van der Waals surface area contributed by atoms with Gasteiger partial charge in [0, 0.05) is 12.5 Å². The van der Waals surface area contributed by atoms with Gasteiger partial charge in [0.1, 0.15) is 0 Å². The van der Waals surface area contributed by atoms with E-state index in [-0.39, 0.29) is 10.8 Å². The molecule has 0 saturated heterocycles. The molecule has 1 heterocycles. The Bertz CT molecular complexity index is 837. The summed E-state index contributed by atoms with van der Waals surface area (Å²) in [6.07, 6.45) is 0. The summed E-state index contributed by atoms with van der Waals surface area (Å²) < 4.78 is 27.1. The molecule has 1 aliphatic rings. The first-order valence-corrected chi connectivity index (χ1v) is 8.10. The average molecular weight is 298 g/mol. The highest BCUT2D eigenvalue weighted by Gasteiger charge is 2.34. The molecule has 0 saturated carbocycles. The number of rotatable bonds is 2. The number of nitriles is 1. The van der Waals surface area contributed by atoms with Gasteiger partial charge in [0.05, 0.1) is 22.2 Å². The van der Waals surface area contributed by atoms with E-state index < -0.39 is 10.0 Å². The van der Waals surface area contributed by atoms with Crippen molar-refractivity contribution < 1.29 is 8.42 Å². The predicted molar refractivity (Wildman–Crippen MR) is 80.5 cm³/mol. The van der Waals surface area contributed by atoms with Crippen molar-refractivity contribution in [1.82, 2.24) is 0 Å². The van der Waals surface area contributed by atoms with Gasteiger partial charge in [0.15, 0.2) is 0 Å². The number of anilines is 1. The van der Waals surface area contributed by atoms with Crippen LogP contribution in [0.3, 0.4) is 0 Å². The molecular formula is C16H14N2O2S. The molecule has 4 nitrogen and oxygen atoms in total. The Labute approximate surface area is 124 Å². The van der Waals surface area contributed by atoms with Gasteiger partial charge in [0.2, 0.25) is 0 Å². The van der Waals surface area contributed by atoms with Gasteiger partial charge >= 0.3 is 0 Å². The summed E-state index contributed by atoms with van der Waals surface area (Å²) in [6.45, 7) is 2.44. The molecule has 1 atom stereocenters. The third-order valence-electron chi connectivity index (χ3n) is 3.73. The smallest absolute Gasteiger partial charge is 0.264 e. The van der Waals surface area contributed by atoms with Crippen LogP contribution in [0, 0.1) is 11.3 Å². The average Bonchev–Trinajstić information content (AvgIpc) is 2.86. The molecule has 0 spiro atoms. The highest BCUT2D eigenvalue weighted by Crippen LogP contribution is 2.39. The molecule has 21 heavy (non-hydrogen) atoms. The van der Waals surface area contributed by atoms with Gasteiger partial charge in [-0.15, -0.1) is 0 Å². The quantitative estimate of drug-likeness (QED) is 0.856. The van der Waals surface area contributed by atoms with Crippen molar-refractivity contribution in [1.29, 1.82) is 5.26 Å². The maximum absolute atomic E-state index is 12.8. The van der Waals surface area contributed by atoms with Crippen LogP contribution in [0.4, 0.5) is 5.69 Å². The molecule has 0 fully saturated rings. The Morgan fingerprint density at radius 1 is 1.19 bits per heavy atom. The maximum Gasteiger partial charge on any atom is 0.264 e. The monoisotopic (exact) mass is 298 g/mol. The Hall–Kier alpha value is -2.32. The molecule has 2 aromatic rings. The Morgan fingerprint density at radius 2 is 1.95 bits per heavy atom. The Balaban J connectivity index is 2.10. The molecule has 1 unspecified atom stereocenters. The van der Waals surface area contributed by atoms with Crippen LogP contribution >= 0.6 is 0 Å². The molecule has 0 amide bonds. The fourth-order valence-corrected chi connectivity index (χ4v) is 4.28. The van der Waals surface area contributed by atoms with E-state index >= 15 is 0 Å². The van der Waals surface area contributed by atoms with E-state index in [1.807, 2.05) is 37.3 Å². The summed E-state index contributed by atoms with van der Waals surface area (Å²) in [5.41, 5.74) is 2.11. The molecule has 0 aromatic heterocycles. The van der Waals surface area contributed by atoms with Crippen molar-refractivity contribution in [2.24, 2.45) is 0 Å². The van der Waals surface area contributed by atoms with Crippen LogP contribution in [0.5, 0.6) is 0 Å². The van der Waals surface area contributed by atoms with Gasteiger partial charge in [-0.1, -0.05) is 31.2 Å². The van der Waals surface area contributed by atoms with Gasteiger partial charge in [-0.05, 0) is 29.8 Å². The molecule has 0 radical (unpaired) electrons. The van der Waals surface area contributed by atoms with E-state index in [9.17, 15) is 8.42 Å². The van der Waals surface area contributed by atoms with Crippen LogP contribution in [0.15, 0.2) is 53.4 Å². The highest BCUT2D eigenvalue weighted by atomic mass is 32.2. The van der Waals surface area contributed by atoms with Crippen LogP contribution < -0.4 is 4.31 Å². The second-order valence-corrected chi connectivity index (χ2v) is 7.00. The molecule has 5 heteroatoms. The summed E-state index contributed by atoms with van der Waals surface area (Å²) in [5.74, 6) is 0.162. The first kappa shape index (κ1) is 13.7. The zero-order valence-corrected chi connectivity index (χ0v) is 12.3. The van der Waals surface area contributed by atoms with Crippen LogP contribution in [-0.4, -0.2) is 15.0 Å². The normalized spacial score (nSPS) is 17.3. The lowest BCUT2D eigenvalue weighted by molar-refractivity contribution is 0.590. The zero-order valence-electron chi connectivity index (χ0n) is 11.5.